The van der Waals surface area contributed by atoms with E-state index in [9.17, 15) is 0 Å². The average Bonchev–Trinajstić information content (AvgIpc) is 2.33. The minimum atomic E-state index is -0.123. The van der Waals surface area contributed by atoms with Gasteiger partial charge in [-0.1, -0.05) is 34.6 Å². The lowest BCUT2D eigenvalue weighted by molar-refractivity contribution is 0.254. The van der Waals surface area contributed by atoms with Gasteiger partial charge in [-0.3, -0.25) is 0 Å². The first kappa shape index (κ1) is 17.7. The van der Waals surface area contributed by atoms with Crippen LogP contribution in [0.4, 0.5) is 11.6 Å². The van der Waals surface area contributed by atoms with Crippen LogP contribution in [0.15, 0.2) is 6.07 Å². The summed E-state index contributed by atoms with van der Waals surface area (Å²) in [7, 11) is 4.17. The van der Waals surface area contributed by atoms with Gasteiger partial charge in [0.1, 0.15) is 17.5 Å². The highest BCUT2D eigenvalue weighted by atomic mass is 15.3. The molecule has 1 aromatic heterocycles. The number of aromatic nitrogens is 2. The highest BCUT2D eigenvalue weighted by Crippen LogP contribution is 2.23. The molecule has 0 aromatic carbocycles. The molecule has 0 aliphatic rings. The molecule has 0 radical (unpaired) electrons. The predicted octanol–water partition coefficient (Wildman–Crippen LogP) is 2.06. The molecule has 6 nitrogen and oxygen atoms in total. The van der Waals surface area contributed by atoms with Gasteiger partial charge in [0.25, 0.3) is 0 Å². The van der Waals surface area contributed by atoms with Crippen molar-refractivity contribution in [1.29, 1.82) is 0 Å². The summed E-state index contributed by atoms with van der Waals surface area (Å²) in [5.41, 5.74) is 2.63. The van der Waals surface area contributed by atoms with Gasteiger partial charge < -0.3 is 15.6 Å². The molecule has 21 heavy (non-hydrogen) atoms. The number of hydrogen-bond donors (Lipinski definition) is 3. The molecule has 6 heteroatoms. The molecule has 4 N–H and O–H groups in total. The molecular formula is C15H30N6. The molecule has 0 aliphatic carbocycles. The third-order valence-electron chi connectivity index (χ3n) is 3.04. The molecule has 0 saturated carbocycles. The number of nitrogens with zero attached hydrogens (tertiary/aromatic N) is 3. The molecule has 120 valence electrons. The second-order valence-electron chi connectivity index (χ2n) is 7.61. The van der Waals surface area contributed by atoms with E-state index >= 15 is 0 Å². The van der Waals surface area contributed by atoms with Crippen LogP contribution in [0.2, 0.25) is 0 Å². The van der Waals surface area contributed by atoms with Crippen LogP contribution >= 0.6 is 0 Å². The van der Waals surface area contributed by atoms with Crippen LogP contribution in [0.25, 0.3) is 0 Å². The third kappa shape index (κ3) is 5.85. The molecule has 0 bridgehead atoms. The largest absolute Gasteiger partial charge is 0.369 e. The van der Waals surface area contributed by atoms with Crippen LogP contribution in [-0.4, -0.2) is 42.1 Å². The van der Waals surface area contributed by atoms with Gasteiger partial charge in [0, 0.05) is 24.6 Å². The fourth-order valence-electron chi connectivity index (χ4n) is 2.19. The standard InChI is InChI=1S/C15H30N6/c1-14(2,3)13-18-11(8-12(19-13)20-16)17-9-15(4,5)10-21(6)7/h8H,9-10,16H2,1-7H3,(H2,17,18,19,20). The number of anilines is 2. The van der Waals surface area contributed by atoms with Crippen LogP contribution < -0.4 is 16.6 Å². The Morgan fingerprint density at radius 2 is 1.67 bits per heavy atom. The van der Waals surface area contributed by atoms with E-state index in [0.717, 1.165) is 24.7 Å². The first-order chi connectivity index (χ1) is 9.53. The number of nitrogens with two attached hydrogens (primary N) is 1. The Morgan fingerprint density at radius 3 is 2.14 bits per heavy atom. The maximum atomic E-state index is 5.50. The Bertz CT molecular complexity index is 462. The number of rotatable bonds is 6. The van der Waals surface area contributed by atoms with E-state index in [1.54, 1.807) is 0 Å². The fourth-order valence-corrected chi connectivity index (χ4v) is 2.19. The van der Waals surface area contributed by atoms with Crippen LogP contribution in [0.3, 0.4) is 0 Å². The quantitative estimate of drug-likeness (QED) is 0.550. The Balaban J connectivity index is 2.88. The summed E-state index contributed by atoms with van der Waals surface area (Å²) in [5, 5.41) is 3.40. The third-order valence-corrected chi connectivity index (χ3v) is 3.04. The fraction of sp³-hybridized carbons (Fsp3) is 0.733. The molecule has 0 fully saturated rings. The van der Waals surface area contributed by atoms with E-state index in [2.05, 4.69) is 74.3 Å². The smallest absolute Gasteiger partial charge is 0.145 e. The Hall–Kier alpha value is -1.40. The molecule has 1 aromatic rings. The van der Waals surface area contributed by atoms with E-state index in [-0.39, 0.29) is 10.8 Å². The zero-order valence-corrected chi connectivity index (χ0v) is 14.4. The second-order valence-corrected chi connectivity index (χ2v) is 7.61. The highest BCUT2D eigenvalue weighted by molar-refractivity contribution is 5.47. The van der Waals surface area contributed by atoms with Crippen molar-refractivity contribution in [3.05, 3.63) is 11.9 Å². The molecule has 0 atom stereocenters. The topological polar surface area (TPSA) is 79.1 Å². The minimum Gasteiger partial charge on any atom is -0.369 e. The lowest BCUT2D eigenvalue weighted by Crippen LogP contribution is -2.34. The van der Waals surface area contributed by atoms with Crippen LogP contribution in [0.1, 0.15) is 40.4 Å². The zero-order chi connectivity index (χ0) is 16.3. The molecule has 1 rings (SSSR count). The summed E-state index contributed by atoms with van der Waals surface area (Å²) in [6.07, 6.45) is 0. The summed E-state index contributed by atoms with van der Waals surface area (Å²) in [5.74, 6) is 7.70. The lowest BCUT2D eigenvalue weighted by atomic mass is 9.93. The minimum absolute atomic E-state index is 0.123. The van der Waals surface area contributed by atoms with Gasteiger partial charge in [-0.15, -0.1) is 0 Å². The Morgan fingerprint density at radius 1 is 1.10 bits per heavy atom. The van der Waals surface area contributed by atoms with Gasteiger partial charge in [-0.2, -0.15) is 0 Å². The van der Waals surface area contributed by atoms with Crippen molar-refractivity contribution in [2.24, 2.45) is 11.3 Å². The SMILES string of the molecule is CN(C)CC(C)(C)CNc1cc(NN)nc(C(C)(C)C)n1. The maximum Gasteiger partial charge on any atom is 0.145 e. The summed E-state index contributed by atoms with van der Waals surface area (Å²) in [6, 6.07) is 1.83. The summed E-state index contributed by atoms with van der Waals surface area (Å²) in [4.78, 5) is 11.2. The van der Waals surface area contributed by atoms with Gasteiger partial charge >= 0.3 is 0 Å². The van der Waals surface area contributed by atoms with Crippen molar-refractivity contribution in [3.8, 4) is 0 Å². The molecule has 1 heterocycles. The van der Waals surface area contributed by atoms with Gasteiger partial charge in [-0.05, 0) is 19.5 Å². The number of hydrazine groups is 1. The van der Waals surface area contributed by atoms with Crippen LogP contribution in [-0.2, 0) is 5.41 Å². The molecular weight excluding hydrogens is 264 g/mol. The van der Waals surface area contributed by atoms with E-state index < -0.39 is 0 Å². The summed E-state index contributed by atoms with van der Waals surface area (Å²) < 4.78 is 0. The summed E-state index contributed by atoms with van der Waals surface area (Å²) >= 11 is 0. The first-order valence-electron chi connectivity index (χ1n) is 7.28. The summed E-state index contributed by atoms with van der Waals surface area (Å²) in [6.45, 7) is 12.5. The van der Waals surface area contributed by atoms with Crippen LogP contribution in [0.5, 0.6) is 0 Å². The van der Waals surface area contributed by atoms with Crippen molar-refractivity contribution in [2.45, 2.75) is 40.0 Å². The molecule has 0 amide bonds. The first-order valence-corrected chi connectivity index (χ1v) is 7.28. The van der Waals surface area contributed by atoms with Gasteiger partial charge in [-0.25, -0.2) is 15.8 Å². The number of nitrogens with one attached hydrogen (secondary N) is 2. The van der Waals surface area contributed by atoms with E-state index in [1.807, 2.05) is 6.07 Å². The van der Waals surface area contributed by atoms with Crippen molar-refractivity contribution in [2.75, 3.05) is 37.9 Å². The maximum absolute atomic E-state index is 5.50. The van der Waals surface area contributed by atoms with Gasteiger partial charge in [0.15, 0.2) is 0 Å². The van der Waals surface area contributed by atoms with Crippen molar-refractivity contribution in [3.63, 3.8) is 0 Å². The monoisotopic (exact) mass is 294 g/mol. The molecule has 0 aliphatic heterocycles. The van der Waals surface area contributed by atoms with Gasteiger partial charge in [0.2, 0.25) is 0 Å². The van der Waals surface area contributed by atoms with Crippen LogP contribution in [0, 0.1) is 5.41 Å². The average molecular weight is 294 g/mol. The molecule has 0 saturated heterocycles. The zero-order valence-electron chi connectivity index (χ0n) is 14.4. The Labute approximate surface area is 128 Å². The van der Waals surface area contributed by atoms with E-state index in [4.69, 9.17) is 5.84 Å². The highest BCUT2D eigenvalue weighted by Gasteiger charge is 2.21. The normalized spacial score (nSPS) is 12.6. The van der Waals surface area contributed by atoms with Crippen molar-refractivity contribution >= 4 is 11.6 Å². The van der Waals surface area contributed by atoms with Crippen molar-refractivity contribution < 1.29 is 0 Å². The number of nitrogen functional groups attached to an aromatic ring is 1. The van der Waals surface area contributed by atoms with Gasteiger partial charge in [0.05, 0.1) is 0 Å². The predicted molar refractivity (Wildman–Crippen MR) is 89.4 cm³/mol. The van der Waals surface area contributed by atoms with Crippen molar-refractivity contribution in [1.82, 2.24) is 14.9 Å². The molecule has 0 spiro atoms. The molecule has 0 unspecified atom stereocenters. The van der Waals surface area contributed by atoms with E-state index in [1.165, 1.54) is 0 Å². The lowest BCUT2D eigenvalue weighted by Gasteiger charge is -2.29. The second kappa shape index (κ2) is 6.58. The Kier molecular flexibility index (Phi) is 5.53. The van der Waals surface area contributed by atoms with E-state index in [0.29, 0.717) is 5.82 Å². The number of hydrogen-bond acceptors (Lipinski definition) is 6.